The van der Waals surface area contributed by atoms with Crippen molar-refractivity contribution >= 4 is 12.0 Å². The Morgan fingerprint density at radius 1 is 1.60 bits per heavy atom. The average molecular weight is 145 g/mol. The predicted molar refractivity (Wildman–Crippen MR) is 33.5 cm³/mol. The minimum absolute atomic E-state index is 0.0507. The van der Waals surface area contributed by atoms with Crippen molar-refractivity contribution in [1.29, 1.82) is 0 Å². The Morgan fingerprint density at radius 3 is 2.60 bits per heavy atom. The van der Waals surface area contributed by atoms with Crippen LogP contribution >= 0.6 is 0 Å². The van der Waals surface area contributed by atoms with Crippen LogP contribution in [-0.2, 0) is 9.53 Å². The first-order chi connectivity index (χ1) is 4.70. The van der Waals surface area contributed by atoms with Gasteiger partial charge in [-0.15, -0.1) is 5.32 Å². The van der Waals surface area contributed by atoms with E-state index < -0.39 is 12.0 Å². The first kappa shape index (κ1) is 8.90. The van der Waals surface area contributed by atoms with E-state index in [2.05, 4.69) is 15.4 Å². The molecule has 1 N–H and O–H groups in total. The Bertz CT molecular complexity index is 135. The van der Waals surface area contributed by atoms with Crippen LogP contribution in [0.3, 0.4) is 0 Å². The summed E-state index contributed by atoms with van der Waals surface area (Å²) in [5.74, 6) is -0.533. The molecule has 0 heterocycles. The van der Waals surface area contributed by atoms with Crippen LogP contribution in [0, 0.1) is 0 Å². The van der Waals surface area contributed by atoms with Gasteiger partial charge in [0.25, 0.3) is 5.91 Å². The van der Waals surface area contributed by atoms with E-state index in [1.807, 2.05) is 0 Å². The minimum atomic E-state index is -0.861. The Labute approximate surface area is 58.7 Å². The fourth-order valence-electron chi connectivity index (χ4n) is 0.338. The van der Waals surface area contributed by atoms with Crippen molar-refractivity contribution in [3.8, 4) is 0 Å². The van der Waals surface area contributed by atoms with Crippen molar-refractivity contribution < 1.29 is 14.3 Å². The van der Waals surface area contributed by atoms with Gasteiger partial charge in [0.05, 0.1) is 13.7 Å². The molecule has 0 aliphatic heterocycles. The Balaban J connectivity index is 3.47. The normalized spacial score (nSPS) is 8.60. The highest BCUT2D eigenvalue weighted by atomic mass is 16.5. The topological polar surface area (TPSA) is 69.5 Å². The second-order valence-corrected chi connectivity index (χ2v) is 1.51. The highest BCUT2D eigenvalue weighted by Crippen LogP contribution is 1.73. The monoisotopic (exact) mass is 145 g/mol. The smallest absolute Gasteiger partial charge is 0.436 e. The number of nitrogens with one attached hydrogen (secondary N) is 1. The van der Waals surface area contributed by atoms with E-state index in [-0.39, 0.29) is 6.54 Å². The van der Waals surface area contributed by atoms with Crippen LogP contribution in [0.5, 0.6) is 0 Å². The van der Waals surface area contributed by atoms with Crippen LogP contribution in [0.4, 0.5) is 4.79 Å². The lowest BCUT2D eigenvalue weighted by Crippen LogP contribution is -2.30. The molecular weight excluding hydrogens is 136 g/mol. The standard InChI is InChI=1S/C5H9N2O3/c1-6-3-4(8)7-5(9)10-2/h6H,3H2,1-2H3. The molecule has 0 saturated carbocycles. The minimum Gasteiger partial charge on any atom is -0.451 e. The lowest BCUT2D eigenvalue weighted by molar-refractivity contribution is -0.119. The van der Waals surface area contributed by atoms with Gasteiger partial charge in [-0.3, -0.25) is 4.79 Å². The molecule has 0 aromatic carbocycles. The van der Waals surface area contributed by atoms with Crippen molar-refractivity contribution in [3.05, 3.63) is 0 Å². The third-order valence-electron chi connectivity index (χ3n) is 0.719. The highest BCUT2D eigenvalue weighted by molar-refractivity contribution is 5.92. The summed E-state index contributed by atoms with van der Waals surface area (Å²) in [7, 11) is 2.75. The number of ether oxygens (including phenoxy) is 1. The number of amides is 2. The van der Waals surface area contributed by atoms with E-state index in [4.69, 9.17) is 0 Å². The zero-order valence-corrected chi connectivity index (χ0v) is 5.88. The van der Waals surface area contributed by atoms with Gasteiger partial charge < -0.3 is 10.1 Å². The molecule has 0 aliphatic carbocycles. The quantitative estimate of drug-likeness (QED) is 0.546. The molecule has 57 valence electrons. The van der Waals surface area contributed by atoms with Crippen LogP contribution in [0.1, 0.15) is 0 Å². The highest BCUT2D eigenvalue weighted by Gasteiger charge is 2.07. The van der Waals surface area contributed by atoms with E-state index in [0.29, 0.717) is 0 Å². The summed E-state index contributed by atoms with van der Waals surface area (Å²) in [6.45, 7) is 0.0507. The predicted octanol–water partition coefficient (Wildman–Crippen LogP) is -0.897. The Kier molecular flexibility index (Phi) is 4.23. The fourth-order valence-corrected chi connectivity index (χ4v) is 0.338. The molecule has 0 atom stereocenters. The number of methoxy groups -OCH3 is 1. The maximum absolute atomic E-state index is 10.5. The SMILES string of the molecule is CNCC(=O)[N]C(=O)OC. The van der Waals surface area contributed by atoms with E-state index in [9.17, 15) is 9.59 Å². The third-order valence-corrected chi connectivity index (χ3v) is 0.719. The molecule has 0 spiro atoms. The fraction of sp³-hybridized carbons (Fsp3) is 0.600. The lowest BCUT2D eigenvalue weighted by atomic mass is 10.6. The number of hydrogen-bond acceptors (Lipinski definition) is 4. The van der Waals surface area contributed by atoms with Crippen molar-refractivity contribution in [3.63, 3.8) is 0 Å². The second-order valence-electron chi connectivity index (χ2n) is 1.51. The first-order valence-electron chi connectivity index (χ1n) is 2.67. The molecule has 0 bridgehead atoms. The molecule has 5 heteroatoms. The number of carbonyl (C=O) groups is 2. The number of carbonyl (C=O) groups excluding carboxylic acids is 2. The van der Waals surface area contributed by atoms with Gasteiger partial charge in [-0.2, -0.15) is 0 Å². The van der Waals surface area contributed by atoms with Gasteiger partial charge in [0.1, 0.15) is 0 Å². The molecule has 0 rings (SSSR count). The molecule has 0 fully saturated rings. The van der Waals surface area contributed by atoms with E-state index >= 15 is 0 Å². The van der Waals surface area contributed by atoms with Gasteiger partial charge in [-0.25, -0.2) is 4.79 Å². The van der Waals surface area contributed by atoms with E-state index in [0.717, 1.165) is 0 Å². The summed E-state index contributed by atoms with van der Waals surface area (Å²) in [5.41, 5.74) is 0. The maximum atomic E-state index is 10.5. The molecule has 0 aliphatic rings. The Morgan fingerprint density at radius 2 is 2.20 bits per heavy atom. The Hall–Kier alpha value is -1.10. The average Bonchev–Trinajstić information content (AvgIpc) is 1.88. The van der Waals surface area contributed by atoms with Gasteiger partial charge >= 0.3 is 6.09 Å². The summed E-state index contributed by atoms with van der Waals surface area (Å²) in [6, 6.07) is 0. The first-order valence-corrected chi connectivity index (χ1v) is 2.67. The van der Waals surface area contributed by atoms with Crippen LogP contribution in [-0.4, -0.2) is 32.7 Å². The zero-order chi connectivity index (χ0) is 7.98. The summed E-state index contributed by atoms with van der Waals surface area (Å²) < 4.78 is 4.11. The van der Waals surface area contributed by atoms with Gasteiger partial charge in [0, 0.05) is 0 Å². The molecular formula is C5H9N2O3. The molecule has 5 nitrogen and oxygen atoms in total. The summed E-state index contributed by atoms with van der Waals surface area (Å²) >= 11 is 0. The van der Waals surface area contributed by atoms with Gasteiger partial charge in [-0.1, -0.05) is 0 Å². The molecule has 2 amide bonds. The van der Waals surface area contributed by atoms with E-state index in [1.54, 1.807) is 7.05 Å². The number of hydrogen-bond donors (Lipinski definition) is 1. The second kappa shape index (κ2) is 4.75. The van der Waals surface area contributed by atoms with Crippen LogP contribution in [0.2, 0.25) is 0 Å². The molecule has 1 radical (unpaired) electrons. The van der Waals surface area contributed by atoms with Gasteiger partial charge in [0.2, 0.25) is 0 Å². The van der Waals surface area contributed by atoms with Crippen molar-refractivity contribution in [1.82, 2.24) is 10.6 Å². The van der Waals surface area contributed by atoms with Gasteiger partial charge in [0.15, 0.2) is 0 Å². The molecule has 0 aromatic heterocycles. The summed E-state index contributed by atoms with van der Waals surface area (Å²) in [6.07, 6.45) is -0.861. The molecule has 10 heavy (non-hydrogen) atoms. The lowest BCUT2D eigenvalue weighted by Gasteiger charge is -1.96. The summed E-state index contributed by atoms with van der Waals surface area (Å²) in [4.78, 5) is 20.7. The number of imide groups is 1. The van der Waals surface area contributed by atoms with Crippen LogP contribution in [0.25, 0.3) is 0 Å². The maximum Gasteiger partial charge on any atom is 0.436 e. The van der Waals surface area contributed by atoms with Crippen molar-refractivity contribution in [2.24, 2.45) is 0 Å². The number of nitrogens with zero attached hydrogens (tertiary/aromatic N) is 1. The molecule has 0 saturated heterocycles. The van der Waals surface area contributed by atoms with Crippen LogP contribution < -0.4 is 10.6 Å². The van der Waals surface area contributed by atoms with Crippen molar-refractivity contribution in [2.45, 2.75) is 0 Å². The summed E-state index contributed by atoms with van der Waals surface area (Å²) in [5, 5.41) is 5.57. The van der Waals surface area contributed by atoms with Crippen LogP contribution in [0.15, 0.2) is 0 Å². The molecule has 0 unspecified atom stereocenters. The van der Waals surface area contributed by atoms with E-state index in [1.165, 1.54) is 7.11 Å². The number of likely N-dealkylation sites (N-methyl/N-ethyl adjacent to an activating group) is 1. The number of rotatable bonds is 2. The van der Waals surface area contributed by atoms with Gasteiger partial charge in [-0.05, 0) is 7.05 Å². The van der Waals surface area contributed by atoms with Crippen molar-refractivity contribution in [2.75, 3.05) is 20.7 Å². The third kappa shape index (κ3) is 3.85. The largest absolute Gasteiger partial charge is 0.451 e. The zero-order valence-electron chi connectivity index (χ0n) is 5.88. The molecule has 0 aromatic rings.